The summed E-state index contributed by atoms with van der Waals surface area (Å²) in [5, 5.41) is 15.0. The molecule has 1 saturated carbocycles. The van der Waals surface area contributed by atoms with Gasteiger partial charge in [-0.1, -0.05) is 12.1 Å². The van der Waals surface area contributed by atoms with E-state index in [1.165, 1.54) is 18.5 Å². The molecule has 1 fully saturated rings. The van der Waals surface area contributed by atoms with Gasteiger partial charge in [-0.3, -0.25) is 5.10 Å². The number of hydrogen-bond acceptors (Lipinski definition) is 6. The number of anilines is 4. The van der Waals surface area contributed by atoms with Crippen molar-refractivity contribution in [2.24, 2.45) is 0 Å². The number of fused-ring (bicyclic) bond motifs is 1. The lowest BCUT2D eigenvalue weighted by Crippen LogP contribution is -2.13. The van der Waals surface area contributed by atoms with E-state index in [9.17, 15) is 0 Å². The van der Waals surface area contributed by atoms with Crippen molar-refractivity contribution in [1.29, 1.82) is 0 Å². The number of para-hydroxylation sites is 1. The van der Waals surface area contributed by atoms with E-state index < -0.39 is 0 Å². The summed E-state index contributed by atoms with van der Waals surface area (Å²) in [5.74, 6) is 2.86. The van der Waals surface area contributed by atoms with E-state index in [0.717, 1.165) is 27.5 Å². The Hall–Kier alpha value is -2.93. The van der Waals surface area contributed by atoms with Gasteiger partial charge in [-0.25, -0.2) is 4.98 Å². The third kappa shape index (κ3) is 2.80. The first-order chi connectivity index (χ1) is 12.8. The summed E-state index contributed by atoms with van der Waals surface area (Å²) in [6.45, 7) is 0. The minimum absolute atomic E-state index is 0.640. The molecule has 0 spiro atoms. The zero-order valence-corrected chi connectivity index (χ0v) is 15.1. The Morgan fingerprint density at radius 1 is 1.15 bits per heavy atom. The lowest BCUT2D eigenvalue weighted by molar-refractivity contribution is 0.966. The Morgan fingerprint density at radius 3 is 2.85 bits per heavy atom. The molecule has 0 aliphatic heterocycles. The normalized spacial score (nSPS) is 13.9. The van der Waals surface area contributed by atoms with Crippen LogP contribution in [0.4, 0.5) is 22.6 Å². The fourth-order valence-corrected chi connectivity index (χ4v) is 3.69. The van der Waals surface area contributed by atoms with Gasteiger partial charge in [-0.15, -0.1) is 11.3 Å². The zero-order valence-electron chi connectivity index (χ0n) is 14.3. The van der Waals surface area contributed by atoms with Crippen LogP contribution in [-0.4, -0.2) is 27.2 Å². The minimum atomic E-state index is 0.640. The lowest BCUT2D eigenvalue weighted by Gasteiger charge is -2.17. The fourth-order valence-electron chi connectivity index (χ4n) is 2.99. The fraction of sp³-hybridized carbons (Fsp3) is 0.211. The highest BCUT2D eigenvalue weighted by molar-refractivity contribution is 7.14. The Morgan fingerprint density at radius 2 is 2.04 bits per heavy atom. The van der Waals surface area contributed by atoms with Crippen molar-refractivity contribution in [1.82, 2.24) is 20.2 Å². The summed E-state index contributed by atoms with van der Waals surface area (Å²) in [7, 11) is 1.99. The predicted octanol–water partition coefficient (Wildman–Crippen LogP) is 4.80. The van der Waals surface area contributed by atoms with Crippen molar-refractivity contribution in [2.75, 3.05) is 17.3 Å². The predicted molar refractivity (Wildman–Crippen MR) is 106 cm³/mol. The number of thiophene rings is 1. The maximum absolute atomic E-state index is 4.78. The van der Waals surface area contributed by atoms with E-state index in [1.807, 2.05) is 42.3 Å². The SMILES string of the molecule is CN(c1nc(Nc2cc(C3CC3)[nH]n2)c2ccccc2n1)c1cccs1. The molecule has 1 aromatic carbocycles. The van der Waals surface area contributed by atoms with Crippen LogP contribution in [0.25, 0.3) is 10.9 Å². The van der Waals surface area contributed by atoms with E-state index in [-0.39, 0.29) is 0 Å². The van der Waals surface area contributed by atoms with Gasteiger partial charge in [-0.2, -0.15) is 10.1 Å². The standard InChI is InChI=1S/C19H18N6S/c1-25(17-7-4-10-26-17)19-20-14-6-3-2-5-13(14)18(22-19)21-16-11-15(23-24-16)12-8-9-12/h2-7,10-12H,8-9H2,1H3,(H2,20,21,22,23,24). The highest BCUT2D eigenvalue weighted by Gasteiger charge is 2.25. The number of nitrogens with zero attached hydrogens (tertiary/aromatic N) is 4. The van der Waals surface area contributed by atoms with Crippen LogP contribution >= 0.6 is 11.3 Å². The molecular formula is C19H18N6S. The first-order valence-electron chi connectivity index (χ1n) is 8.64. The molecule has 130 valence electrons. The van der Waals surface area contributed by atoms with Crippen LogP contribution in [0, 0.1) is 0 Å². The van der Waals surface area contributed by atoms with Gasteiger partial charge in [0.15, 0.2) is 5.82 Å². The van der Waals surface area contributed by atoms with Crippen LogP contribution in [0.15, 0.2) is 47.8 Å². The minimum Gasteiger partial charge on any atom is -0.323 e. The Labute approximate surface area is 154 Å². The van der Waals surface area contributed by atoms with E-state index in [0.29, 0.717) is 11.9 Å². The van der Waals surface area contributed by atoms with Crippen molar-refractivity contribution < 1.29 is 0 Å². The highest BCUT2D eigenvalue weighted by atomic mass is 32.1. The van der Waals surface area contributed by atoms with Crippen molar-refractivity contribution in [3.05, 3.63) is 53.5 Å². The quantitative estimate of drug-likeness (QED) is 0.533. The molecule has 6 nitrogen and oxygen atoms in total. The van der Waals surface area contributed by atoms with E-state index in [4.69, 9.17) is 9.97 Å². The monoisotopic (exact) mass is 362 g/mol. The number of aromatic nitrogens is 4. The first-order valence-corrected chi connectivity index (χ1v) is 9.52. The number of hydrogen-bond donors (Lipinski definition) is 2. The van der Waals surface area contributed by atoms with Gasteiger partial charge in [0.1, 0.15) is 5.82 Å². The molecule has 26 heavy (non-hydrogen) atoms. The number of aromatic amines is 1. The maximum Gasteiger partial charge on any atom is 0.232 e. The summed E-state index contributed by atoms with van der Waals surface area (Å²) < 4.78 is 0. The average molecular weight is 362 g/mol. The molecule has 0 amide bonds. The van der Waals surface area contributed by atoms with Gasteiger partial charge >= 0.3 is 0 Å². The van der Waals surface area contributed by atoms with Crippen LogP contribution in [0.1, 0.15) is 24.5 Å². The van der Waals surface area contributed by atoms with Gasteiger partial charge in [0.05, 0.1) is 10.5 Å². The smallest absolute Gasteiger partial charge is 0.232 e. The zero-order chi connectivity index (χ0) is 17.5. The molecule has 0 radical (unpaired) electrons. The number of benzene rings is 1. The molecule has 4 aromatic rings. The number of H-pyrrole nitrogens is 1. The largest absolute Gasteiger partial charge is 0.323 e. The second-order valence-electron chi connectivity index (χ2n) is 6.51. The molecule has 2 N–H and O–H groups in total. The Kier molecular flexibility index (Phi) is 3.60. The summed E-state index contributed by atoms with van der Waals surface area (Å²) >= 11 is 1.66. The summed E-state index contributed by atoms with van der Waals surface area (Å²) in [6, 6.07) is 14.2. The highest BCUT2D eigenvalue weighted by Crippen LogP contribution is 2.40. The number of rotatable bonds is 5. The molecule has 0 unspecified atom stereocenters. The third-order valence-electron chi connectivity index (χ3n) is 4.59. The molecule has 1 aliphatic rings. The second kappa shape index (κ2) is 6.10. The molecule has 1 aliphatic carbocycles. The van der Waals surface area contributed by atoms with Crippen LogP contribution in [0.3, 0.4) is 0 Å². The van der Waals surface area contributed by atoms with Gasteiger partial charge in [0, 0.05) is 30.1 Å². The maximum atomic E-state index is 4.78. The van der Waals surface area contributed by atoms with Gasteiger partial charge in [0.25, 0.3) is 0 Å². The summed E-state index contributed by atoms with van der Waals surface area (Å²) in [4.78, 5) is 11.5. The molecule has 3 heterocycles. The molecule has 0 saturated heterocycles. The van der Waals surface area contributed by atoms with E-state index in [2.05, 4.69) is 33.0 Å². The number of nitrogens with one attached hydrogen (secondary N) is 2. The van der Waals surface area contributed by atoms with Crippen LogP contribution in [0.2, 0.25) is 0 Å². The van der Waals surface area contributed by atoms with Crippen molar-refractivity contribution in [3.8, 4) is 0 Å². The average Bonchev–Trinajstić information content (AvgIpc) is 3.18. The molecule has 0 bridgehead atoms. The van der Waals surface area contributed by atoms with E-state index in [1.54, 1.807) is 11.3 Å². The molecular weight excluding hydrogens is 344 g/mol. The Bertz CT molecular complexity index is 1050. The van der Waals surface area contributed by atoms with E-state index >= 15 is 0 Å². The van der Waals surface area contributed by atoms with Gasteiger partial charge < -0.3 is 10.2 Å². The molecule has 0 atom stereocenters. The molecule has 5 rings (SSSR count). The van der Waals surface area contributed by atoms with Crippen molar-refractivity contribution in [3.63, 3.8) is 0 Å². The lowest BCUT2D eigenvalue weighted by atomic mass is 10.2. The van der Waals surface area contributed by atoms with Gasteiger partial charge in [0.2, 0.25) is 5.95 Å². The van der Waals surface area contributed by atoms with Crippen LogP contribution in [0.5, 0.6) is 0 Å². The molecule has 7 heteroatoms. The van der Waals surface area contributed by atoms with Crippen LogP contribution < -0.4 is 10.2 Å². The van der Waals surface area contributed by atoms with Crippen LogP contribution in [-0.2, 0) is 0 Å². The second-order valence-corrected chi connectivity index (χ2v) is 7.43. The Balaban J connectivity index is 1.55. The first kappa shape index (κ1) is 15.3. The molecule has 3 aromatic heterocycles. The third-order valence-corrected chi connectivity index (χ3v) is 5.53. The van der Waals surface area contributed by atoms with Crippen molar-refractivity contribution >= 4 is 44.8 Å². The summed E-state index contributed by atoms with van der Waals surface area (Å²) in [5.41, 5.74) is 2.10. The van der Waals surface area contributed by atoms with Crippen molar-refractivity contribution in [2.45, 2.75) is 18.8 Å². The summed E-state index contributed by atoms with van der Waals surface area (Å²) in [6.07, 6.45) is 2.49. The van der Waals surface area contributed by atoms with Gasteiger partial charge in [-0.05, 0) is 42.5 Å². The topological polar surface area (TPSA) is 69.7 Å².